The summed E-state index contributed by atoms with van der Waals surface area (Å²) < 4.78 is 36.4. The van der Waals surface area contributed by atoms with Crippen LogP contribution in [0.1, 0.15) is 47.2 Å². The predicted molar refractivity (Wildman–Crippen MR) is 119 cm³/mol. The number of benzene rings is 2. The van der Waals surface area contributed by atoms with E-state index in [1.54, 1.807) is 36.4 Å². The van der Waals surface area contributed by atoms with Crippen LogP contribution in [-0.2, 0) is 22.5 Å². The zero-order valence-electron chi connectivity index (χ0n) is 17.5. The van der Waals surface area contributed by atoms with Crippen molar-refractivity contribution >= 4 is 17.6 Å². The molecular formula is C24H20N3O5S-. The van der Waals surface area contributed by atoms with E-state index in [0.29, 0.717) is 34.8 Å². The van der Waals surface area contributed by atoms with E-state index in [4.69, 9.17) is 14.7 Å². The SMILES string of the molecule is N#Cc1ccc(Oc2cccc3c2CC[C@H]3Oc2ccc(C(CC=O)NS(=O)[O-])cc2)nc1. The first-order chi connectivity index (χ1) is 16.1. The molecule has 1 heterocycles. The van der Waals surface area contributed by atoms with Gasteiger partial charge in [0.25, 0.3) is 0 Å². The van der Waals surface area contributed by atoms with Crippen molar-refractivity contribution in [2.75, 3.05) is 0 Å². The summed E-state index contributed by atoms with van der Waals surface area (Å²) in [6.07, 6.45) is 3.60. The highest BCUT2D eigenvalue weighted by Crippen LogP contribution is 2.40. The molecule has 0 radical (unpaired) electrons. The molecule has 0 saturated carbocycles. The molecule has 9 heteroatoms. The van der Waals surface area contributed by atoms with Crippen molar-refractivity contribution in [3.05, 3.63) is 83.0 Å². The molecule has 1 aromatic heterocycles. The number of ether oxygens (including phenoxy) is 2. The van der Waals surface area contributed by atoms with Gasteiger partial charge in [0.1, 0.15) is 30.0 Å². The molecule has 1 N–H and O–H groups in total. The zero-order valence-corrected chi connectivity index (χ0v) is 18.3. The fraction of sp³-hybridized carbons (Fsp3) is 0.208. The second-order valence-electron chi connectivity index (χ2n) is 7.44. The number of aldehydes is 1. The standard InChI is InChI=1S/C24H21N3O5S/c25-14-16-4-11-24(26-15-16)32-22-3-1-2-19-20(22)9-10-23(19)31-18-7-5-17(6-8-18)21(12-13-28)27-33(29)30/h1-8,11,13,15,21,23,27H,9-10,12H2,(H,29,30)/p-1/t21?,23-/m1/s1. The molecule has 0 fully saturated rings. The van der Waals surface area contributed by atoms with Gasteiger partial charge in [0.15, 0.2) is 0 Å². The maximum Gasteiger partial charge on any atom is 0.219 e. The van der Waals surface area contributed by atoms with Gasteiger partial charge in [-0.2, -0.15) is 5.26 Å². The molecule has 0 amide bonds. The third kappa shape index (κ3) is 5.43. The molecule has 2 unspecified atom stereocenters. The number of hydrogen-bond donors (Lipinski definition) is 1. The molecule has 4 rings (SSSR count). The van der Waals surface area contributed by atoms with Gasteiger partial charge < -0.3 is 18.8 Å². The van der Waals surface area contributed by atoms with Gasteiger partial charge in [-0.25, -0.2) is 9.71 Å². The summed E-state index contributed by atoms with van der Waals surface area (Å²) >= 11 is -2.47. The van der Waals surface area contributed by atoms with Crippen LogP contribution in [0.2, 0.25) is 0 Å². The van der Waals surface area contributed by atoms with E-state index in [2.05, 4.69) is 9.71 Å². The van der Waals surface area contributed by atoms with E-state index in [0.717, 1.165) is 24.0 Å². The maximum absolute atomic E-state index is 11.0. The number of fused-ring (bicyclic) bond motifs is 1. The fourth-order valence-corrected chi connectivity index (χ4v) is 4.29. The molecule has 0 bridgehead atoms. The Hall–Kier alpha value is -3.58. The molecule has 168 valence electrons. The Morgan fingerprint density at radius 3 is 2.73 bits per heavy atom. The second kappa shape index (κ2) is 10.4. The molecule has 3 atom stereocenters. The van der Waals surface area contributed by atoms with Crippen LogP contribution in [0, 0.1) is 11.3 Å². The van der Waals surface area contributed by atoms with Crippen LogP contribution in [0.5, 0.6) is 17.4 Å². The van der Waals surface area contributed by atoms with Crippen molar-refractivity contribution < 1.29 is 23.0 Å². The lowest BCUT2D eigenvalue weighted by molar-refractivity contribution is -0.108. The zero-order chi connectivity index (χ0) is 23.2. The van der Waals surface area contributed by atoms with Crippen molar-refractivity contribution in [3.8, 4) is 23.4 Å². The van der Waals surface area contributed by atoms with Crippen LogP contribution in [-0.4, -0.2) is 20.0 Å². The highest BCUT2D eigenvalue weighted by molar-refractivity contribution is 7.77. The minimum Gasteiger partial charge on any atom is -0.760 e. The Bertz CT molecular complexity index is 1190. The predicted octanol–water partition coefficient (Wildman–Crippen LogP) is 3.83. The number of aromatic nitrogens is 1. The summed E-state index contributed by atoms with van der Waals surface area (Å²) in [6, 6.07) is 17.6. The second-order valence-corrected chi connectivity index (χ2v) is 8.15. The minimum atomic E-state index is -2.47. The lowest BCUT2D eigenvalue weighted by Gasteiger charge is -2.19. The van der Waals surface area contributed by atoms with Crippen molar-refractivity contribution in [1.29, 1.82) is 5.26 Å². The number of hydrogen-bond acceptors (Lipinski definition) is 7. The summed E-state index contributed by atoms with van der Waals surface area (Å²) in [5.41, 5.74) is 3.23. The highest BCUT2D eigenvalue weighted by Gasteiger charge is 2.27. The molecule has 1 aliphatic rings. The molecular weight excluding hydrogens is 442 g/mol. The Labute approximate surface area is 193 Å². The number of nitrogens with one attached hydrogen (secondary N) is 1. The summed E-state index contributed by atoms with van der Waals surface area (Å²) in [5, 5.41) is 8.91. The van der Waals surface area contributed by atoms with Gasteiger partial charge in [0.2, 0.25) is 5.88 Å². The van der Waals surface area contributed by atoms with Gasteiger partial charge in [0, 0.05) is 41.6 Å². The maximum atomic E-state index is 11.0. The average Bonchev–Trinajstić information content (AvgIpc) is 3.23. The van der Waals surface area contributed by atoms with Gasteiger partial charge in [0.05, 0.1) is 5.56 Å². The number of nitrogens with zero attached hydrogens (tertiary/aromatic N) is 2. The lowest BCUT2D eigenvalue weighted by atomic mass is 10.1. The van der Waals surface area contributed by atoms with E-state index in [9.17, 15) is 13.6 Å². The van der Waals surface area contributed by atoms with Crippen LogP contribution >= 0.6 is 0 Å². The molecule has 2 aromatic carbocycles. The van der Waals surface area contributed by atoms with Crippen LogP contribution in [0.4, 0.5) is 0 Å². The van der Waals surface area contributed by atoms with Gasteiger partial charge in [-0.15, -0.1) is 0 Å². The summed E-state index contributed by atoms with van der Waals surface area (Å²) in [5.74, 6) is 1.77. The molecule has 0 spiro atoms. The van der Waals surface area contributed by atoms with E-state index in [1.807, 2.05) is 24.3 Å². The normalized spacial score (nSPS) is 16.3. The highest BCUT2D eigenvalue weighted by atomic mass is 32.2. The topological polar surface area (TPSA) is 124 Å². The van der Waals surface area contributed by atoms with E-state index in [1.165, 1.54) is 6.20 Å². The fourth-order valence-electron chi connectivity index (χ4n) is 3.83. The summed E-state index contributed by atoms with van der Waals surface area (Å²) in [7, 11) is 0. The minimum absolute atomic E-state index is 0.0427. The molecule has 0 aliphatic heterocycles. The summed E-state index contributed by atoms with van der Waals surface area (Å²) in [4.78, 5) is 15.0. The Morgan fingerprint density at radius 2 is 2.06 bits per heavy atom. The lowest BCUT2D eigenvalue weighted by Crippen LogP contribution is -2.23. The number of rotatable bonds is 9. The first-order valence-corrected chi connectivity index (χ1v) is 11.4. The molecule has 8 nitrogen and oxygen atoms in total. The van der Waals surface area contributed by atoms with Crippen LogP contribution in [0.3, 0.4) is 0 Å². The molecule has 0 saturated heterocycles. The van der Waals surface area contributed by atoms with Gasteiger partial charge in [-0.1, -0.05) is 24.3 Å². The number of carbonyl (C=O) groups excluding carboxylic acids is 1. The average molecular weight is 463 g/mol. The first-order valence-electron chi connectivity index (χ1n) is 10.3. The van der Waals surface area contributed by atoms with E-state index < -0.39 is 17.3 Å². The summed E-state index contributed by atoms with van der Waals surface area (Å²) in [6.45, 7) is 0. The third-order valence-electron chi connectivity index (χ3n) is 5.38. The van der Waals surface area contributed by atoms with Gasteiger partial charge >= 0.3 is 0 Å². The third-order valence-corrected chi connectivity index (χ3v) is 5.86. The van der Waals surface area contributed by atoms with Gasteiger partial charge in [-0.05, 0) is 48.2 Å². The van der Waals surface area contributed by atoms with E-state index in [-0.39, 0.29) is 12.5 Å². The quantitative estimate of drug-likeness (QED) is 0.378. The first kappa shape index (κ1) is 22.6. The van der Waals surface area contributed by atoms with Gasteiger partial charge in [-0.3, -0.25) is 4.21 Å². The number of pyridine rings is 1. The largest absolute Gasteiger partial charge is 0.760 e. The smallest absolute Gasteiger partial charge is 0.219 e. The van der Waals surface area contributed by atoms with Crippen LogP contribution in [0.15, 0.2) is 60.8 Å². The van der Waals surface area contributed by atoms with E-state index >= 15 is 0 Å². The Balaban J connectivity index is 1.47. The Morgan fingerprint density at radius 1 is 1.24 bits per heavy atom. The monoisotopic (exact) mass is 462 g/mol. The molecule has 1 aliphatic carbocycles. The Kier molecular flexibility index (Phi) is 7.10. The van der Waals surface area contributed by atoms with Crippen molar-refractivity contribution in [1.82, 2.24) is 9.71 Å². The van der Waals surface area contributed by atoms with Crippen molar-refractivity contribution in [3.63, 3.8) is 0 Å². The molecule has 33 heavy (non-hydrogen) atoms. The molecule has 3 aromatic rings. The number of nitriles is 1. The van der Waals surface area contributed by atoms with Crippen LogP contribution < -0.4 is 14.2 Å². The van der Waals surface area contributed by atoms with Crippen LogP contribution in [0.25, 0.3) is 0 Å². The van der Waals surface area contributed by atoms with Crippen molar-refractivity contribution in [2.45, 2.75) is 31.4 Å². The van der Waals surface area contributed by atoms with Crippen molar-refractivity contribution in [2.24, 2.45) is 0 Å². The number of carbonyl (C=O) groups is 1.